The van der Waals surface area contributed by atoms with Crippen molar-refractivity contribution in [3.63, 3.8) is 0 Å². The molecule has 1 rings (SSSR count). The van der Waals surface area contributed by atoms with Crippen LogP contribution in [0, 0.1) is 0 Å². The average Bonchev–Trinajstić information content (AvgIpc) is 2.35. The predicted molar refractivity (Wildman–Crippen MR) is 65.4 cm³/mol. The van der Waals surface area contributed by atoms with E-state index >= 15 is 0 Å². The molecule has 5 nitrogen and oxygen atoms in total. The van der Waals surface area contributed by atoms with E-state index in [0.717, 1.165) is 18.2 Å². The van der Waals surface area contributed by atoms with Crippen LogP contribution in [0.4, 0.5) is 13.2 Å². The maximum atomic E-state index is 12.3. The number of benzene rings is 1. The van der Waals surface area contributed by atoms with Crippen LogP contribution in [0.15, 0.2) is 18.2 Å². The van der Waals surface area contributed by atoms with Crippen molar-refractivity contribution in [1.29, 1.82) is 0 Å². The van der Waals surface area contributed by atoms with Gasteiger partial charge >= 0.3 is 12.3 Å². The number of carbonyl (C=O) groups is 2. The lowest BCUT2D eigenvalue weighted by molar-refractivity contribution is -0.274. The Hall–Kier alpha value is -1.80. The molecule has 0 heterocycles. The molecule has 0 radical (unpaired) electrons. The maximum absolute atomic E-state index is 12.3. The van der Waals surface area contributed by atoms with Crippen LogP contribution in [0.5, 0.6) is 5.75 Å². The van der Waals surface area contributed by atoms with E-state index < -0.39 is 40.9 Å². The summed E-state index contributed by atoms with van der Waals surface area (Å²) in [6.45, 7) is 1.24. The fourth-order valence-electron chi connectivity index (χ4n) is 1.48. The van der Waals surface area contributed by atoms with E-state index in [1.165, 1.54) is 6.92 Å². The molecule has 9 heteroatoms. The quantitative estimate of drug-likeness (QED) is 0.641. The molecule has 0 aliphatic carbocycles. The van der Waals surface area contributed by atoms with Gasteiger partial charge in [0.15, 0.2) is 11.9 Å². The largest absolute Gasteiger partial charge is 0.573 e. The van der Waals surface area contributed by atoms with E-state index in [0.29, 0.717) is 0 Å². The fourth-order valence-corrected chi connectivity index (χ4v) is 1.60. The van der Waals surface area contributed by atoms with Gasteiger partial charge in [0.2, 0.25) is 0 Å². The van der Waals surface area contributed by atoms with E-state index in [9.17, 15) is 27.9 Å². The van der Waals surface area contributed by atoms with Crippen molar-refractivity contribution in [2.75, 3.05) is 0 Å². The third kappa shape index (κ3) is 4.61. The number of carbonyl (C=O) groups excluding carboxylic acids is 1. The Balaban J connectivity index is 3.33. The second-order valence-electron chi connectivity index (χ2n) is 4.02. The summed E-state index contributed by atoms with van der Waals surface area (Å²) in [6.07, 6.45) is -7.01. The van der Waals surface area contributed by atoms with E-state index in [1.807, 2.05) is 0 Å². The van der Waals surface area contributed by atoms with Crippen LogP contribution < -0.4 is 4.74 Å². The van der Waals surface area contributed by atoms with Gasteiger partial charge in [-0.1, -0.05) is 6.07 Å². The number of aliphatic hydroxyl groups excluding tert-OH is 1. The molecule has 0 saturated carbocycles. The van der Waals surface area contributed by atoms with Gasteiger partial charge in [-0.2, -0.15) is 0 Å². The molecule has 0 aromatic heterocycles. The summed E-state index contributed by atoms with van der Waals surface area (Å²) in [7, 11) is 0. The van der Waals surface area contributed by atoms with Gasteiger partial charge in [0, 0.05) is 0 Å². The van der Waals surface area contributed by atoms with E-state index in [1.54, 1.807) is 0 Å². The smallest absolute Gasteiger partial charge is 0.479 e. The van der Waals surface area contributed by atoms with Crippen LogP contribution in [0.1, 0.15) is 28.9 Å². The second-order valence-corrected chi connectivity index (χ2v) is 4.68. The van der Waals surface area contributed by atoms with Gasteiger partial charge in [-0.15, -0.1) is 24.8 Å². The number of hydrogen-bond acceptors (Lipinski definition) is 4. The molecule has 21 heavy (non-hydrogen) atoms. The molecule has 0 aliphatic heterocycles. The number of ether oxygens (including phenoxy) is 1. The summed E-state index contributed by atoms with van der Waals surface area (Å²) in [5.41, 5.74) is -0.828. The SMILES string of the molecule is CC(Cl)C(=O)c1cc(C(O)C(=O)O)ccc1OC(F)(F)F. The van der Waals surface area contributed by atoms with Gasteiger partial charge in [-0.3, -0.25) is 4.79 Å². The Morgan fingerprint density at radius 2 is 1.90 bits per heavy atom. The number of hydrogen-bond donors (Lipinski definition) is 2. The molecular formula is C12H10ClF3O5. The van der Waals surface area contributed by atoms with E-state index in [4.69, 9.17) is 16.7 Å². The number of carboxylic acid groups (broad SMARTS) is 1. The number of alkyl halides is 4. The molecule has 0 spiro atoms. The van der Waals surface area contributed by atoms with Crippen molar-refractivity contribution in [2.45, 2.75) is 24.8 Å². The zero-order valence-electron chi connectivity index (χ0n) is 10.5. The average molecular weight is 327 g/mol. The first-order valence-electron chi connectivity index (χ1n) is 5.51. The normalized spacial score (nSPS) is 14.4. The maximum Gasteiger partial charge on any atom is 0.573 e. The van der Waals surface area contributed by atoms with Crippen LogP contribution >= 0.6 is 11.6 Å². The molecule has 116 valence electrons. The van der Waals surface area contributed by atoms with Crippen molar-refractivity contribution >= 4 is 23.4 Å². The molecule has 1 aromatic carbocycles. The number of Topliss-reactive ketones (excluding diaryl/α,β-unsaturated/α-hetero) is 1. The molecular weight excluding hydrogens is 317 g/mol. The molecule has 0 amide bonds. The number of halogens is 4. The molecule has 2 atom stereocenters. The van der Waals surface area contributed by atoms with Gasteiger partial charge in [-0.05, 0) is 24.6 Å². The van der Waals surface area contributed by atoms with Gasteiger partial charge in [0.05, 0.1) is 10.9 Å². The first-order chi connectivity index (χ1) is 9.53. The zero-order valence-corrected chi connectivity index (χ0v) is 11.3. The van der Waals surface area contributed by atoms with Crippen molar-refractivity contribution in [2.24, 2.45) is 0 Å². The standard InChI is InChI=1S/C12H10ClF3O5/c1-5(13)9(17)7-4-6(10(18)11(19)20)2-3-8(7)21-12(14,15)16/h2-5,10,18H,1H3,(H,19,20). The van der Waals surface area contributed by atoms with Crippen molar-refractivity contribution in [3.8, 4) is 5.75 Å². The van der Waals surface area contributed by atoms with Crippen LogP contribution in [0.2, 0.25) is 0 Å². The van der Waals surface area contributed by atoms with E-state index in [2.05, 4.69) is 4.74 Å². The number of ketones is 1. The number of aliphatic carboxylic acids is 1. The third-order valence-corrected chi connectivity index (χ3v) is 2.60. The van der Waals surface area contributed by atoms with Crippen molar-refractivity contribution in [1.82, 2.24) is 0 Å². The topological polar surface area (TPSA) is 83.8 Å². The zero-order chi connectivity index (χ0) is 16.4. The van der Waals surface area contributed by atoms with Gasteiger partial charge < -0.3 is 14.9 Å². The van der Waals surface area contributed by atoms with Crippen molar-refractivity contribution in [3.05, 3.63) is 29.3 Å². The van der Waals surface area contributed by atoms with Crippen LogP contribution in [0.25, 0.3) is 0 Å². The third-order valence-electron chi connectivity index (χ3n) is 2.41. The highest BCUT2D eigenvalue weighted by Crippen LogP contribution is 2.30. The lowest BCUT2D eigenvalue weighted by atomic mass is 10.0. The van der Waals surface area contributed by atoms with Gasteiger partial charge in [-0.25, -0.2) is 4.79 Å². The summed E-state index contributed by atoms with van der Waals surface area (Å²) in [6, 6.07) is 2.47. The molecule has 0 saturated heterocycles. The molecule has 2 unspecified atom stereocenters. The number of aliphatic hydroxyl groups is 1. The second kappa shape index (κ2) is 6.31. The Morgan fingerprint density at radius 3 is 2.33 bits per heavy atom. The van der Waals surface area contributed by atoms with Crippen LogP contribution in [0.3, 0.4) is 0 Å². The summed E-state index contributed by atoms with van der Waals surface area (Å²) >= 11 is 5.54. The van der Waals surface area contributed by atoms with Crippen molar-refractivity contribution < 1.29 is 37.7 Å². The lowest BCUT2D eigenvalue weighted by Gasteiger charge is -2.15. The lowest BCUT2D eigenvalue weighted by Crippen LogP contribution is -2.21. The Kier molecular flexibility index (Phi) is 5.19. The monoisotopic (exact) mass is 326 g/mol. The Bertz CT molecular complexity index is 556. The molecule has 0 bridgehead atoms. The number of rotatable bonds is 5. The molecule has 2 N–H and O–H groups in total. The van der Waals surface area contributed by atoms with Gasteiger partial charge in [0.25, 0.3) is 0 Å². The summed E-state index contributed by atoms with van der Waals surface area (Å²) < 4.78 is 40.5. The first kappa shape index (κ1) is 17.3. The highest BCUT2D eigenvalue weighted by Gasteiger charge is 2.34. The minimum Gasteiger partial charge on any atom is -0.479 e. The summed E-state index contributed by atoms with van der Waals surface area (Å²) in [5.74, 6) is -3.33. The molecule has 1 aromatic rings. The molecule has 0 fully saturated rings. The number of carboxylic acids is 1. The highest BCUT2D eigenvalue weighted by molar-refractivity contribution is 6.34. The minimum absolute atomic E-state index is 0.266. The van der Waals surface area contributed by atoms with Crippen LogP contribution in [-0.2, 0) is 4.79 Å². The summed E-state index contributed by atoms with van der Waals surface area (Å²) in [5, 5.41) is 16.9. The summed E-state index contributed by atoms with van der Waals surface area (Å²) in [4.78, 5) is 22.4. The minimum atomic E-state index is -5.03. The molecule has 0 aliphatic rings. The van der Waals surface area contributed by atoms with Crippen LogP contribution in [-0.4, -0.2) is 33.7 Å². The van der Waals surface area contributed by atoms with E-state index in [-0.39, 0.29) is 5.56 Å². The Labute approximate surface area is 121 Å². The predicted octanol–water partition coefficient (Wildman–Crippen LogP) is 2.51. The Morgan fingerprint density at radius 1 is 1.33 bits per heavy atom. The van der Waals surface area contributed by atoms with Gasteiger partial charge in [0.1, 0.15) is 5.75 Å². The highest BCUT2D eigenvalue weighted by atomic mass is 35.5. The first-order valence-corrected chi connectivity index (χ1v) is 5.95. The fraction of sp³-hybridized carbons (Fsp3) is 0.333.